The molecule has 0 bridgehead atoms. The molecule has 8 nitrogen and oxygen atoms in total. The van der Waals surface area contributed by atoms with Crippen LogP contribution in [0.1, 0.15) is 138 Å². The highest BCUT2D eigenvalue weighted by Crippen LogP contribution is 2.15. The molecular formula is C29H57N3O5. The van der Waals surface area contributed by atoms with Crippen molar-refractivity contribution in [3.05, 3.63) is 0 Å². The van der Waals surface area contributed by atoms with E-state index in [1.54, 1.807) is 0 Å². The normalized spacial score (nSPS) is 13.5. The lowest BCUT2D eigenvalue weighted by molar-refractivity contribution is -0.159. The Morgan fingerprint density at radius 1 is 0.703 bits per heavy atom. The highest BCUT2D eigenvalue weighted by atomic mass is 16.6. The lowest BCUT2D eigenvalue weighted by atomic mass is 10.0. The zero-order valence-corrected chi connectivity index (χ0v) is 24.9. The predicted octanol–water partition coefficient (Wildman–Crippen LogP) is 6.15. The van der Waals surface area contributed by atoms with Crippen LogP contribution in [0.25, 0.3) is 0 Å². The van der Waals surface area contributed by atoms with Crippen molar-refractivity contribution in [3.63, 3.8) is 0 Å². The van der Waals surface area contributed by atoms with Gasteiger partial charge >= 0.3 is 12.1 Å². The third kappa shape index (κ3) is 21.9. The van der Waals surface area contributed by atoms with E-state index in [2.05, 4.69) is 17.6 Å². The predicted molar refractivity (Wildman–Crippen MR) is 150 cm³/mol. The number of amides is 2. The first kappa shape index (κ1) is 35.2. The summed E-state index contributed by atoms with van der Waals surface area (Å²) >= 11 is 0. The molecule has 0 spiro atoms. The minimum atomic E-state index is -0.723. The van der Waals surface area contributed by atoms with Crippen molar-refractivity contribution in [2.75, 3.05) is 6.54 Å². The van der Waals surface area contributed by atoms with Gasteiger partial charge in [0.15, 0.2) is 0 Å². The Morgan fingerprint density at radius 3 is 1.70 bits per heavy atom. The zero-order chi connectivity index (χ0) is 28.3. The summed E-state index contributed by atoms with van der Waals surface area (Å²) in [6, 6.07) is -1.42. The number of carbonyl (C=O) groups is 3. The van der Waals surface area contributed by atoms with Crippen LogP contribution in [0.2, 0.25) is 0 Å². The smallest absolute Gasteiger partial charge is 0.407 e. The molecule has 0 aromatic carbocycles. The molecular weight excluding hydrogens is 470 g/mol. The summed E-state index contributed by atoms with van der Waals surface area (Å²) in [5.41, 5.74) is 4.93. The summed E-state index contributed by atoms with van der Waals surface area (Å²) in [5.74, 6) is -0.756. The van der Waals surface area contributed by atoms with E-state index >= 15 is 0 Å². The van der Waals surface area contributed by atoms with Gasteiger partial charge in [-0.05, 0) is 67.2 Å². The van der Waals surface area contributed by atoms with Gasteiger partial charge in [0.05, 0.1) is 6.04 Å². The van der Waals surface area contributed by atoms with Crippen LogP contribution in [0.3, 0.4) is 0 Å². The number of alkyl carbamates (subject to hydrolysis) is 1. The molecule has 2 amide bonds. The highest BCUT2D eigenvalue weighted by molar-refractivity contribution is 5.87. The number of hydrogen-bond donors (Lipinski definition) is 3. The maximum absolute atomic E-state index is 12.7. The molecule has 0 saturated heterocycles. The number of carbonyl (C=O) groups excluding carboxylic acids is 3. The van der Waals surface area contributed by atoms with E-state index in [4.69, 9.17) is 15.2 Å². The Balaban J connectivity index is 4.42. The quantitative estimate of drug-likeness (QED) is 0.137. The van der Waals surface area contributed by atoms with E-state index in [-0.39, 0.29) is 5.91 Å². The van der Waals surface area contributed by atoms with E-state index in [0.717, 1.165) is 19.3 Å². The molecule has 0 aliphatic heterocycles. The van der Waals surface area contributed by atoms with Gasteiger partial charge in [0, 0.05) is 6.54 Å². The summed E-state index contributed by atoms with van der Waals surface area (Å²) in [6.45, 7) is 13.6. The van der Waals surface area contributed by atoms with Gasteiger partial charge in [-0.15, -0.1) is 0 Å². The number of esters is 1. The van der Waals surface area contributed by atoms with Gasteiger partial charge in [0.2, 0.25) is 5.91 Å². The first-order chi connectivity index (χ1) is 17.2. The van der Waals surface area contributed by atoms with Crippen LogP contribution in [-0.4, -0.2) is 47.8 Å². The molecule has 0 aliphatic rings. The number of ether oxygens (including phenoxy) is 2. The van der Waals surface area contributed by atoms with Crippen molar-refractivity contribution in [2.45, 2.75) is 162 Å². The molecule has 37 heavy (non-hydrogen) atoms. The van der Waals surface area contributed by atoms with Gasteiger partial charge in [0.25, 0.3) is 0 Å². The van der Waals surface area contributed by atoms with E-state index < -0.39 is 35.3 Å². The van der Waals surface area contributed by atoms with E-state index in [9.17, 15) is 14.4 Å². The number of nitrogens with two attached hydrogens (primary N) is 1. The Morgan fingerprint density at radius 2 is 1.19 bits per heavy atom. The second-order valence-electron chi connectivity index (χ2n) is 12.1. The SMILES string of the molecule is CCCCCCCCCCCCC(NC(=O)[C@@H](N)CCCCNC(=O)OC(C)(C)C)C(=O)OC(C)(C)C. The van der Waals surface area contributed by atoms with Crippen LogP contribution >= 0.6 is 0 Å². The minimum absolute atomic E-state index is 0.344. The Kier molecular flexibility index (Phi) is 18.3. The lowest BCUT2D eigenvalue weighted by Crippen LogP contribution is -2.50. The van der Waals surface area contributed by atoms with Gasteiger partial charge < -0.3 is 25.8 Å². The Bertz CT molecular complexity index is 640. The average molecular weight is 528 g/mol. The van der Waals surface area contributed by atoms with Gasteiger partial charge in [-0.1, -0.05) is 71.1 Å². The summed E-state index contributed by atoms with van der Waals surface area (Å²) in [4.78, 5) is 37.1. The molecule has 0 aromatic heterocycles. The number of rotatable bonds is 19. The van der Waals surface area contributed by atoms with Gasteiger partial charge in [-0.25, -0.2) is 9.59 Å². The standard InChI is InChI=1S/C29H57N3O5/c1-8-9-10-11-12-13-14-15-16-17-21-24(26(34)36-28(2,3)4)32-25(33)23(30)20-18-19-22-31-27(35)37-29(5,6)7/h23-24H,8-22,30H2,1-7H3,(H,31,35)(H,32,33)/t23-,24?/m0/s1. The maximum Gasteiger partial charge on any atom is 0.407 e. The summed E-state index contributed by atoms with van der Waals surface area (Å²) in [7, 11) is 0. The Labute approximate surface area is 226 Å². The van der Waals surface area contributed by atoms with E-state index in [0.29, 0.717) is 32.2 Å². The van der Waals surface area contributed by atoms with Crippen LogP contribution in [0.5, 0.6) is 0 Å². The lowest BCUT2D eigenvalue weighted by Gasteiger charge is -2.25. The fourth-order valence-electron chi connectivity index (χ4n) is 3.86. The molecule has 0 fully saturated rings. The zero-order valence-electron chi connectivity index (χ0n) is 24.9. The van der Waals surface area contributed by atoms with Crippen molar-refractivity contribution >= 4 is 18.0 Å². The molecule has 8 heteroatoms. The number of unbranched alkanes of at least 4 members (excludes halogenated alkanes) is 10. The van der Waals surface area contributed by atoms with Crippen LogP contribution in [0.4, 0.5) is 4.79 Å². The third-order valence-electron chi connectivity index (χ3n) is 5.80. The number of hydrogen-bond acceptors (Lipinski definition) is 6. The van der Waals surface area contributed by atoms with Crippen molar-refractivity contribution in [1.29, 1.82) is 0 Å². The van der Waals surface area contributed by atoms with Gasteiger partial charge in [-0.2, -0.15) is 0 Å². The van der Waals surface area contributed by atoms with Gasteiger partial charge in [-0.3, -0.25) is 4.79 Å². The minimum Gasteiger partial charge on any atom is -0.458 e. The Hall–Kier alpha value is -1.83. The molecule has 0 aliphatic carbocycles. The van der Waals surface area contributed by atoms with Crippen LogP contribution in [0, 0.1) is 0 Å². The first-order valence-electron chi connectivity index (χ1n) is 14.5. The first-order valence-corrected chi connectivity index (χ1v) is 14.5. The molecule has 0 heterocycles. The van der Waals surface area contributed by atoms with Crippen molar-refractivity contribution in [3.8, 4) is 0 Å². The molecule has 218 valence electrons. The summed E-state index contributed by atoms with van der Waals surface area (Å²) in [5, 5.41) is 5.53. The van der Waals surface area contributed by atoms with Crippen molar-refractivity contribution in [1.82, 2.24) is 10.6 Å². The average Bonchev–Trinajstić information content (AvgIpc) is 2.76. The molecule has 0 rings (SSSR count). The fourth-order valence-corrected chi connectivity index (χ4v) is 3.86. The maximum atomic E-state index is 12.7. The van der Waals surface area contributed by atoms with E-state index in [1.807, 2.05) is 41.5 Å². The fraction of sp³-hybridized carbons (Fsp3) is 0.897. The molecule has 2 atom stereocenters. The second-order valence-corrected chi connectivity index (χ2v) is 12.1. The molecule has 1 unspecified atom stereocenters. The van der Waals surface area contributed by atoms with Crippen LogP contribution in [-0.2, 0) is 19.1 Å². The highest BCUT2D eigenvalue weighted by Gasteiger charge is 2.28. The largest absolute Gasteiger partial charge is 0.458 e. The van der Waals surface area contributed by atoms with Gasteiger partial charge in [0.1, 0.15) is 17.2 Å². The summed E-state index contributed by atoms with van der Waals surface area (Å²) in [6.07, 6.45) is 13.9. The topological polar surface area (TPSA) is 120 Å². The van der Waals surface area contributed by atoms with Crippen LogP contribution in [0.15, 0.2) is 0 Å². The van der Waals surface area contributed by atoms with Crippen molar-refractivity contribution < 1.29 is 23.9 Å². The third-order valence-corrected chi connectivity index (χ3v) is 5.80. The second kappa shape index (κ2) is 19.3. The molecule has 0 radical (unpaired) electrons. The van der Waals surface area contributed by atoms with E-state index in [1.165, 1.54) is 44.9 Å². The number of nitrogens with one attached hydrogen (secondary N) is 2. The molecule has 0 saturated carbocycles. The van der Waals surface area contributed by atoms with Crippen LogP contribution < -0.4 is 16.4 Å². The van der Waals surface area contributed by atoms with Crippen molar-refractivity contribution in [2.24, 2.45) is 5.73 Å². The molecule has 0 aromatic rings. The summed E-state index contributed by atoms with van der Waals surface area (Å²) < 4.78 is 10.7. The molecule has 4 N–H and O–H groups in total. The monoisotopic (exact) mass is 527 g/mol.